The van der Waals surface area contributed by atoms with Crippen LogP contribution in [0.25, 0.3) is 5.57 Å². The van der Waals surface area contributed by atoms with Crippen LogP contribution in [-0.4, -0.2) is 11.7 Å². The quantitative estimate of drug-likeness (QED) is 0.622. The summed E-state index contributed by atoms with van der Waals surface area (Å²) in [5.74, 6) is -0.525. The highest BCUT2D eigenvalue weighted by Crippen LogP contribution is 2.37. The first kappa shape index (κ1) is 21.1. The van der Waals surface area contributed by atoms with Gasteiger partial charge in [-0.1, -0.05) is 72.8 Å². The number of benzene rings is 3. The van der Waals surface area contributed by atoms with Crippen molar-refractivity contribution in [2.24, 2.45) is 0 Å². The van der Waals surface area contributed by atoms with E-state index in [9.17, 15) is 14.9 Å². The Morgan fingerprint density at radius 2 is 1.59 bits per heavy atom. The molecule has 1 N–H and O–H groups in total. The molecule has 5 heteroatoms. The number of hydrogen-bond donors (Lipinski definition) is 1. The summed E-state index contributed by atoms with van der Waals surface area (Å²) in [6, 6.07) is 28.1. The Hall–Kier alpha value is -4.17. The number of carbonyl (C=O) groups is 2. The van der Waals surface area contributed by atoms with Crippen molar-refractivity contribution in [3.05, 3.63) is 107 Å². The fourth-order valence-corrected chi connectivity index (χ4v) is 4.09. The topological polar surface area (TPSA) is 73.2 Å². The number of Topliss-reactive ketones (excluding diaryl/α,β-unsaturated/α-hetero) is 1. The molecular formula is C27H23N3O2. The van der Waals surface area contributed by atoms with E-state index in [1.54, 1.807) is 0 Å². The van der Waals surface area contributed by atoms with Crippen molar-refractivity contribution >= 4 is 23.0 Å². The van der Waals surface area contributed by atoms with Crippen LogP contribution in [0.15, 0.2) is 90.6 Å². The number of rotatable bonds is 6. The van der Waals surface area contributed by atoms with E-state index < -0.39 is 6.04 Å². The van der Waals surface area contributed by atoms with Crippen molar-refractivity contribution in [1.29, 1.82) is 5.26 Å². The molecule has 4 rings (SSSR count). The lowest BCUT2D eigenvalue weighted by Crippen LogP contribution is -2.37. The molecule has 1 atom stereocenters. The van der Waals surface area contributed by atoms with Gasteiger partial charge < -0.3 is 10.2 Å². The molecule has 0 saturated carbocycles. The third-order valence-electron chi connectivity index (χ3n) is 5.59. The van der Waals surface area contributed by atoms with Crippen LogP contribution in [-0.2, 0) is 16.1 Å². The maximum absolute atomic E-state index is 13.7. The summed E-state index contributed by atoms with van der Waals surface area (Å²) in [4.78, 5) is 28.1. The smallest absolute Gasteiger partial charge is 0.254 e. The van der Waals surface area contributed by atoms with Crippen LogP contribution in [0, 0.1) is 11.3 Å². The monoisotopic (exact) mass is 421 g/mol. The van der Waals surface area contributed by atoms with Gasteiger partial charge in [0.1, 0.15) is 6.04 Å². The molecule has 0 radical (unpaired) electrons. The van der Waals surface area contributed by atoms with Gasteiger partial charge in [-0.15, -0.1) is 0 Å². The second-order valence-electron chi connectivity index (χ2n) is 7.66. The second-order valence-corrected chi connectivity index (χ2v) is 7.66. The number of anilines is 1. The Kier molecular flexibility index (Phi) is 6.14. The van der Waals surface area contributed by atoms with Gasteiger partial charge in [0.25, 0.3) is 5.91 Å². The van der Waals surface area contributed by atoms with Crippen LogP contribution in [0.5, 0.6) is 0 Å². The predicted molar refractivity (Wildman–Crippen MR) is 124 cm³/mol. The minimum absolute atomic E-state index is 0.0715. The maximum atomic E-state index is 13.7. The molecule has 3 aromatic carbocycles. The Labute approximate surface area is 187 Å². The Bertz CT molecular complexity index is 1210. The Balaban J connectivity index is 1.82. The summed E-state index contributed by atoms with van der Waals surface area (Å²) in [5.41, 5.74) is 4.47. The van der Waals surface area contributed by atoms with Gasteiger partial charge in [0.2, 0.25) is 0 Å². The maximum Gasteiger partial charge on any atom is 0.254 e. The summed E-state index contributed by atoms with van der Waals surface area (Å²) >= 11 is 0. The molecule has 158 valence electrons. The number of fused-ring (bicyclic) bond motifs is 1. The summed E-state index contributed by atoms with van der Waals surface area (Å²) in [5, 5.41) is 12.5. The molecule has 0 aromatic heterocycles. The lowest BCUT2D eigenvalue weighted by molar-refractivity contribution is -0.124. The number of nitrogens with one attached hydrogen (secondary N) is 1. The molecule has 3 aromatic rings. The summed E-state index contributed by atoms with van der Waals surface area (Å²) in [6.45, 7) is 2.02. The molecule has 1 amide bonds. The minimum atomic E-state index is -0.765. The van der Waals surface area contributed by atoms with Crippen molar-refractivity contribution in [2.45, 2.75) is 25.9 Å². The van der Waals surface area contributed by atoms with E-state index in [4.69, 9.17) is 0 Å². The molecule has 0 bridgehead atoms. The fourth-order valence-electron chi connectivity index (χ4n) is 4.09. The van der Waals surface area contributed by atoms with E-state index in [0.717, 1.165) is 22.4 Å². The highest BCUT2D eigenvalue weighted by atomic mass is 16.2. The SMILES string of the molecule is CC(=O)[C@@H](NC(=O)C1=C(CC#N)N(c2ccccc2)Cc2ccccc21)c1ccccc1. The van der Waals surface area contributed by atoms with Crippen molar-refractivity contribution in [3.8, 4) is 6.07 Å². The lowest BCUT2D eigenvalue weighted by atomic mass is 9.90. The summed E-state index contributed by atoms with van der Waals surface area (Å²) in [7, 11) is 0. The molecule has 5 nitrogen and oxygen atoms in total. The molecule has 0 unspecified atom stereocenters. The van der Waals surface area contributed by atoms with E-state index in [2.05, 4.69) is 11.4 Å². The zero-order chi connectivity index (χ0) is 22.5. The van der Waals surface area contributed by atoms with Gasteiger partial charge in [0.15, 0.2) is 5.78 Å². The van der Waals surface area contributed by atoms with E-state index in [-0.39, 0.29) is 18.1 Å². The van der Waals surface area contributed by atoms with Gasteiger partial charge in [0.05, 0.1) is 18.1 Å². The van der Waals surface area contributed by atoms with Crippen molar-refractivity contribution in [1.82, 2.24) is 5.32 Å². The third kappa shape index (κ3) is 4.17. The third-order valence-corrected chi connectivity index (χ3v) is 5.59. The molecule has 32 heavy (non-hydrogen) atoms. The van der Waals surface area contributed by atoms with Gasteiger partial charge in [-0.05, 0) is 35.7 Å². The standard InChI is InChI=1S/C27H23N3O2/c1-19(31)26(20-10-4-2-5-11-20)29-27(32)25-23-15-9-8-12-21(23)18-30(24(25)16-17-28)22-13-6-3-7-14-22/h2-15,26H,16,18H2,1H3,(H,29,32)/t26-/m1/s1. The minimum Gasteiger partial charge on any atom is -0.339 e. The number of amides is 1. The second kappa shape index (κ2) is 9.32. The first-order chi connectivity index (χ1) is 15.6. The zero-order valence-electron chi connectivity index (χ0n) is 17.8. The largest absolute Gasteiger partial charge is 0.339 e. The number of para-hydroxylation sites is 1. The van der Waals surface area contributed by atoms with Gasteiger partial charge in [0, 0.05) is 17.9 Å². The van der Waals surface area contributed by atoms with Gasteiger partial charge >= 0.3 is 0 Å². The summed E-state index contributed by atoms with van der Waals surface area (Å²) in [6.07, 6.45) is 0.0715. The van der Waals surface area contributed by atoms with Crippen molar-refractivity contribution in [3.63, 3.8) is 0 Å². The fraction of sp³-hybridized carbons (Fsp3) is 0.148. The first-order valence-electron chi connectivity index (χ1n) is 10.5. The average Bonchev–Trinajstić information content (AvgIpc) is 2.83. The molecular weight excluding hydrogens is 398 g/mol. The van der Waals surface area contributed by atoms with Gasteiger partial charge in [-0.25, -0.2) is 0 Å². The van der Waals surface area contributed by atoms with E-state index in [1.807, 2.05) is 89.8 Å². The van der Waals surface area contributed by atoms with Gasteiger partial charge in [-0.2, -0.15) is 5.26 Å². The number of carbonyl (C=O) groups excluding carboxylic acids is 2. The normalized spacial score (nSPS) is 13.7. The molecule has 0 saturated heterocycles. The van der Waals surface area contributed by atoms with Crippen molar-refractivity contribution in [2.75, 3.05) is 4.90 Å². The van der Waals surface area contributed by atoms with Crippen LogP contribution < -0.4 is 10.2 Å². The average molecular weight is 422 g/mol. The molecule has 0 aliphatic carbocycles. The van der Waals surface area contributed by atoms with Crippen LogP contribution in [0.3, 0.4) is 0 Å². The van der Waals surface area contributed by atoms with Crippen LogP contribution >= 0.6 is 0 Å². The molecule has 0 spiro atoms. The number of hydrogen-bond acceptors (Lipinski definition) is 4. The highest BCUT2D eigenvalue weighted by Gasteiger charge is 2.31. The number of ketones is 1. The summed E-state index contributed by atoms with van der Waals surface area (Å²) < 4.78 is 0. The molecule has 0 fully saturated rings. The van der Waals surface area contributed by atoms with Crippen molar-refractivity contribution < 1.29 is 9.59 Å². The van der Waals surface area contributed by atoms with Crippen LogP contribution in [0.2, 0.25) is 0 Å². The Morgan fingerprint density at radius 3 is 2.25 bits per heavy atom. The van der Waals surface area contributed by atoms with E-state index in [0.29, 0.717) is 17.8 Å². The molecule has 1 aliphatic rings. The Morgan fingerprint density at radius 1 is 0.969 bits per heavy atom. The predicted octanol–water partition coefficient (Wildman–Crippen LogP) is 4.78. The molecule has 1 aliphatic heterocycles. The zero-order valence-corrected chi connectivity index (χ0v) is 17.8. The number of nitrogens with zero attached hydrogens (tertiary/aromatic N) is 2. The number of nitriles is 1. The molecule has 1 heterocycles. The number of allylic oxidation sites excluding steroid dienone is 1. The van der Waals surface area contributed by atoms with E-state index in [1.165, 1.54) is 6.92 Å². The van der Waals surface area contributed by atoms with Crippen LogP contribution in [0.1, 0.15) is 36.1 Å². The van der Waals surface area contributed by atoms with E-state index >= 15 is 0 Å². The van der Waals surface area contributed by atoms with Gasteiger partial charge in [-0.3, -0.25) is 9.59 Å². The first-order valence-corrected chi connectivity index (χ1v) is 10.5. The lowest BCUT2D eigenvalue weighted by Gasteiger charge is -2.34. The highest BCUT2D eigenvalue weighted by molar-refractivity contribution is 6.22. The van der Waals surface area contributed by atoms with Crippen LogP contribution in [0.4, 0.5) is 5.69 Å².